The summed E-state index contributed by atoms with van der Waals surface area (Å²) in [7, 11) is 1.62. The quantitative estimate of drug-likeness (QED) is 0.663. The summed E-state index contributed by atoms with van der Waals surface area (Å²) in [6.07, 6.45) is 9.39. The average molecular weight is 342 g/mol. The standard InChI is InChI=1S/C19H22N2O2S/c1-23-17-12-14-8-5-3-4-7-13(14)11-15(17)18(22)21-16-9-6-10-20-19(16)24-2/h6,9-12H,3-5,7-8H2,1-2H3,(H,21,22). The zero-order valence-corrected chi connectivity index (χ0v) is 14.9. The van der Waals surface area contributed by atoms with Crippen molar-refractivity contribution < 1.29 is 9.53 Å². The van der Waals surface area contributed by atoms with Gasteiger partial charge in [-0.25, -0.2) is 4.98 Å². The van der Waals surface area contributed by atoms with Crippen molar-refractivity contribution in [2.24, 2.45) is 0 Å². The second-order valence-electron chi connectivity index (χ2n) is 5.90. The number of thioether (sulfide) groups is 1. The molecule has 1 amide bonds. The van der Waals surface area contributed by atoms with Crippen LogP contribution in [0.4, 0.5) is 5.69 Å². The number of carbonyl (C=O) groups excluding carboxylic acids is 1. The summed E-state index contributed by atoms with van der Waals surface area (Å²) in [6, 6.07) is 7.73. The summed E-state index contributed by atoms with van der Waals surface area (Å²) in [5, 5.41) is 3.78. The molecule has 1 heterocycles. The molecule has 24 heavy (non-hydrogen) atoms. The second kappa shape index (κ2) is 7.71. The number of anilines is 1. The van der Waals surface area contributed by atoms with Crippen LogP contribution in [-0.2, 0) is 12.8 Å². The molecule has 3 rings (SSSR count). The summed E-state index contributed by atoms with van der Waals surface area (Å²) in [5.74, 6) is 0.491. The number of hydrogen-bond acceptors (Lipinski definition) is 4. The molecule has 0 radical (unpaired) electrons. The maximum absolute atomic E-state index is 12.8. The number of hydrogen-bond donors (Lipinski definition) is 1. The molecule has 0 bridgehead atoms. The highest BCUT2D eigenvalue weighted by Crippen LogP contribution is 2.30. The Labute approximate surface area is 147 Å². The van der Waals surface area contributed by atoms with E-state index in [0.717, 1.165) is 23.6 Å². The van der Waals surface area contributed by atoms with Crippen LogP contribution in [0.2, 0.25) is 0 Å². The first-order valence-corrected chi connectivity index (χ1v) is 9.45. The molecule has 0 aliphatic heterocycles. The average Bonchev–Trinajstić information content (AvgIpc) is 2.85. The molecule has 1 aliphatic rings. The number of fused-ring (bicyclic) bond motifs is 1. The number of amides is 1. The van der Waals surface area contributed by atoms with Crippen molar-refractivity contribution in [3.8, 4) is 5.75 Å². The van der Waals surface area contributed by atoms with Gasteiger partial charge in [-0.3, -0.25) is 4.79 Å². The monoisotopic (exact) mass is 342 g/mol. The van der Waals surface area contributed by atoms with Crippen LogP contribution in [0, 0.1) is 0 Å². The number of nitrogens with zero attached hydrogens (tertiary/aromatic N) is 1. The predicted molar refractivity (Wildman–Crippen MR) is 98.2 cm³/mol. The molecule has 0 saturated carbocycles. The number of aryl methyl sites for hydroxylation is 2. The third-order valence-electron chi connectivity index (χ3n) is 4.37. The van der Waals surface area contributed by atoms with Gasteiger partial charge in [0.1, 0.15) is 10.8 Å². The fraction of sp³-hybridized carbons (Fsp3) is 0.368. The number of rotatable bonds is 4. The minimum Gasteiger partial charge on any atom is -0.496 e. The van der Waals surface area contributed by atoms with E-state index in [1.807, 2.05) is 30.5 Å². The summed E-state index contributed by atoms with van der Waals surface area (Å²) in [4.78, 5) is 17.1. The number of nitrogens with one attached hydrogen (secondary N) is 1. The molecular weight excluding hydrogens is 320 g/mol. The van der Waals surface area contributed by atoms with Crippen LogP contribution in [0.3, 0.4) is 0 Å². The molecule has 0 saturated heterocycles. The fourth-order valence-electron chi connectivity index (χ4n) is 3.12. The van der Waals surface area contributed by atoms with Crippen LogP contribution >= 0.6 is 11.8 Å². The predicted octanol–water partition coefficient (Wildman–Crippen LogP) is 4.33. The maximum Gasteiger partial charge on any atom is 0.259 e. The molecule has 1 N–H and O–H groups in total. The maximum atomic E-state index is 12.8. The van der Waals surface area contributed by atoms with Gasteiger partial charge in [-0.05, 0) is 67.3 Å². The summed E-state index contributed by atoms with van der Waals surface area (Å²) >= 11 is 1.51. The lowest BCUT2D eigenvalue weighted by Gasteiger charge is -2.15. The van der Waals surface area contributed by atoms with Gasteiger partial charge in [-0.1, -0.05) is 6.42 Å². The van der Waals surface area contributed by atoms with Gasteiger partial charge >= 0.3 is 0 Å². The molecule has 0 unspecified atom stereocenters. The van der Waals surface area contributed by atoms with Crippen LogP contribution in [0.1, 0.15) is 40.7 Å². The van der Waals surface area contributed by atoms with Crippen molar-refractivity contribution in [3.63, 3.8) is 0 Å². The summed E-state index contributed by atoms with van der Waals surface area (Å²) in [5.41, 5.74) is 3.91. The third kappa shape index (κ3) is 3.56. The number of ether oxygens (including phenoxy) is 1. The van der Waals surface area contributed by atoms with Gasteiger partial charge in [0.05, 0.1) is 18.4 Å². The van der Waals surface area contributed by atoms with Gasteiger partial charge in [-0.15, -0.1) is 11.8 Å². The van der Waals surface area contributed by atoms with Crippen molar-refractivity contribution in [3.05, 3.63) is 47.2 Å². The molecule has 4 nitrogen and oxygen atoms in total. The molecule has 5 heteroatoms. The van der Waals surface area contributed by atoms with E-state index >= 15 is 0 Å². The molecule has 126 valence electrons. The zero-order chi connectivity index (χ0) is 16.9. The van der Waals surface area contributed by atoms with E-state index in [2.05, 4.69) is 10.3 Å². The van der Waals surface area contributed by atoms with Crippen molar-refractivity contribution in [2.75, 3.05) is 18.7 Å². The summed E-state index contributed by atoms with van der Waals surface area (Å²) in [6.45, 7) is 0. The Bertz CT molecular complexity index is 746. The van der Waals surface area contributed by atoms with Gasteiger partial charge in [0.25, 0.3) is 5.91 Å². The van der Waals surface area contributed by atoms with Crippen molar-refractivity contribution in [1.29, 1.82) is 0 Å². The molecular formula is C19H22N2O2S. The lowest BCUT2D eigenvalue weighted by atomic mass is 9.98. The minimum absolute atomic E-state index is 0.151. The number of benzene rings is 1. The van der Waals surface area contributed by atoms with E-state index in [9.17, 15) is 4.79 Å². The molecule has 1 aliphatic carbocycles. The first-order valence-electron chi connectivity index (χ1n) is 8.23. The normalized spacial score (nSPS) is 13.8. The zero-order valence-electron chi connectivity index (χ0n) is 14.1. The molecule has 0 atom stereocenters. The number of aromatic nitrogens is 1. The second-order valence-corrected chi connectivity index (χ2v) is 6.69. The van der Waals surface area contributed by atoms with E-state index in [1.165, 1.54) is 42.2 Å². The van der Waals surface area contributed by atoms with Gasteiger partial charge in [-0.2, -0.15) is 0 Å². The Kier molecular flexibility index (Phi) is 5.41. The Hall–Kier alpha value is -2.01. The van der Waals surface area contributed by atoms with E-state index in [-0.39, 0.29) is 5.91 Å². The van der Waals surface area contributed by atoms with Crippen molar-refractivity contribution in [2.45, 2.75) is 37.1 Å². The highest BCUT2D eigenvalue weighted by atomic mass is 32.2. The van der Waals surface area contributed by atoms with E-state index in [4.69, 9.17) is 4.74 Å². The van der Waals surface area contributed by atoms with Crippen LogP contribution in [0.15, 0.2) is 35.5 Å². The van der Waals surface area contributed by atoms with Gasteiger partial charge in [0, 0.05) is 6.20 Å². The number of methoxy groups -OCH3 is 1. The van der Waals surface area contributed by atoms with Crippen LogP contribution < -0.4 is 10.1 Å². The van der Waals surface area contributed by atoms with Gasteiger partial charge < -0.3 is 10.1 Å². The fourth-order valence-corrected chi connectivity index (χ4v) is 3.63. The highest BCUT2D eigenvalue weighted by Gasteiger charge is 2.18. The van der Waals surface area contributed by atoms with Gasteiger partial charge in [0.15, 0.2) is 0 Å². The lowest BCUT2D eigenvalue weighted by Crippen LogP contribution is -2.15. The van der Waals surface area contributed by atoms with Crippen molar-refractivity contribution in [1.82, 2.24) is 4.98 Å². The molecule has 0 spiro atoms. The molecule has 1 aromatic heterocycles. The summed E-state index contributed by atoms with van der Waals surface area (Å²) < 4.78 is 5.49. The van der Waals surface area contributed by atoms with E-state index in [1.54, 1.807) is 13.3 Å². The Morgan fingerprint density at radius 3 is 2.67 bits per heavy atom. The van der Waals surface area contributed by atoms with Gasteiger partial charge in [0.2, 0.25) is 0 Å². The largest absolute Gasteiger partial charge is 0.496 e. The molecule has 2 aromatic rings. The smallest absolute Gasteiger partial charge is 0.259 e. The topological polar surface area (TPSA) is 51.2 Å². The Balaban J connectivity index is 1.92. The minimum atomic E-state index is -0.151. The Morgan fingerprint density at radius 1 is 1.21 bits per heavy atom. The van der Waals surface area contributed by atoms with Crippen molar-refractivity contribution >= 4 is 23.4 Å². The van der Waals surface area contributed by atoms with Crippen LogP contribution in [-0.4, -0.2) is 24.3 Å². The number of carbonyl (C=O) groups is 1. The molecule has 0 fully saturated rings. The third-order valence-corrected chi connectivity index (χ3v) is 5.08. The first kappa shape index (κ1) is 16.8. The molecule has 1 aromatic carbocycles. The SMILES string of the molecule is COc1cc2c(cc1C(=O)Nc1cccnc1SC)CCCCC2. The van der Waals surface area contributed by atoms with Crippen LogP contribution in [0.5, 0.6) is 5.75 Å². The Morgan fingerprint density at radius 2 is 1.96 bits per heavy atom. The highest BCUT2D eigenvalue weighted by molar-refractivity contribution is 7.98. The first-order chi connectivity index (χ1) is 11.7. The number of pyridine rings is 1. The van der Waals surface area contributed by atoms with Crippen LogP contribution in [0.25, 0.3) is 0 Å². The van der Waals surface area contributed by atoms with E-state index < -0.39 is 0 Å². The van der Waals surface area contributed by atoms with E-state index in [0.29, 0.717) is 11.3 Å². The lowest BCUT2D eigenvalue weighted by molar-refractivity contribution is 0.102.